The molecular weight excluding hydrogens is 336 g/mol. The van der Waals surface area contributed by atoms with Crippen molar-refractivity contribution in [2.24, 2.45) is 0 Å². The second kappa shape index (κ2) is 8.09. The van der Waals surface area contributed by atoms with Crippen LogP contribution in [0.2, 0.25) is 0 Å². The molecule has 3 rings (SSSR count). The van der Waals surface area contributed by atoms with E-state index in [0.29, 0.717) is 18.7 Å². The minimum Gasteiger partial charge on any atom is -0.768 e. The van der Waals surface area contributed by atoms with E-state index in [0.717, 1.165) is 18.8 Å². The Morgan fingerprint density at radius 2 is 1.60 bits per heavy atom. The highest BCUT2D eigenvalue weighted by Gasteiger charge is 2.19. The fourth-order valence-electron chi connectivity index (χ4n) is 2.86. The Morgan fingerprint density at radius 3 is 2.28 bits per heavy atom. The van der Waals surface area contributed by atoms with Gasteiger partial charge in [-0.05, 0) is 40.9 Å². The molecule has 0 aromatic heterocycles. The van der Waals surface area contributed by atoms with E-state index in [9.17, 15) is 13.6 Å². The van der Waals surface area contributed by atoms with Crippen LogP contribution in [0.3, 0.4) is 0 Å². The van der Waals surface area contributed by atoms with Crippen LogP contribution in [-0.4, -0.2) is 45.7 Å². The van der Waals surface area contributed by atoms with Crippen molar-refractivity contribution < 1.29 is 13.6 Å². The normalized spacial score (nSPS) is 16.2. The van der Waals surface area contributed by atoms with E-state index in [1.807, 2.05) is 18.2 Å². The molecule has 130 valence electrons. The number of benzene rings is 2. The fraction of sp³-hybridized carbons (Fsp3) is 0.211. The fourth-order valence-corrected chi connectivity index (χ4v) is 3.38. The summed E-state index contributed by atoms with van der Waals surface area (Å²) in [4.78, 5) is 16.6. The Balaban J connectivity index is 1.61. The molecule has 1 fully saturated rings. The molecule has 2 aromatic carbocycles. The van der Waals surface area contributed by atoms with E-state index in [-0.39, 0.29) is 10.8 Å². The number of hydrogen-bond donors (Lipinski definition) is 0. The maximum absolute atomic E-state index is 12.4. The van der Waals surface area contributed by atoms with Gasteiger partial charge in [-0.15, -0.1) is 0 Å². The van der Waals surface area contributed by atoms with Crippen LogP contribution in [0.25, 0.3) is 6.08 Å². The van der Waals surface area contributed by atoms with E-state index in [2.05, 4.69) is 17.0 Å². The minimum absolute atomic E-state index is 0.0980. The molecule has 5 nitrogen and oxygen atoms in total. The summed E-state index contributed by atoms with van der Waals surface area (Å²) in [5, 5.41) is 0. The van der Waals surface area contributed by atoms with Crippen LogP contribution >= 0.6 is 0 Å². The average Bonchev–Trinajstić information content (AvgIpc) is 2.67. The van der Waals surface area contributed by atoms with Gasteiger partial charge in [-0.1, -0.05) is 36.4 Å². The number of para-hydroxylation sites is 1. The molecule has 1 aliphatic heterocycles. The number of rotatable bonds is 4. The molecule has 0 spiro atoms. The number of anilines is 1. The molecule has 0 radical (unpaired) electrons. The molecule has 0 aliphatic carbocycles. The number of hydrogen-bond acceptors (Lipinski definition) is 4. The summed E-state index contributed by atoms with van der Waals surface area (Å²) in [7, 11) is 0. The monoisotopic (exact) mass is 355 g/mol. The lowest BCUT2D eigenvalue weighted by molar-refractivity contribution is -0.126. The van der Waals surface area contributed by atoms with E-state index >= 15 is 0 Å². The van der Waals surface area contributed by atoms with Gasteiger partial charge in [-0.2, -0.15) is 0 Å². The van der Waals surface area contributed by atoms with E-state index in [1.54, 1.807) is 29.2 Å². The number of piperazine rings is 1. The van der Waals surface area contributed by atoms with Gasteiger partial charge >= 0.3 is 0 Å². The SMILES string of the molecule is O=C(/C=C/c1ccccc1S(=O)[O-])N1CCN(c2ccccc2)CC1. The second-order valence-corrected chi connectivity index (χ2v) is 6.66. The van der Waals surface area contributed by atoms with Gasteiger partial charge in [0.2, 0.25) is 5.91 Å². The van der Waals surface area contributed by atoms with Crippen molar-refractivity contribution in [3.05, 3.63) is 66.2 Å². The summed E-state index contributed by atoms with van der Waals surface area (Å²) in [5.41, 5.74) is 1.68. The van der Waals surface area contributed by atoms with Crippen molar-refractivity contribution in [3.8, 4) is 0 Å². The van der Waals surface area contributed by atoms with Gasteiger partial charge < -0.3 is 14.4 Å². The molecule has 6 heteroatoms. The van der Waals surface area contributed by atoms with Gasteiger partial charge in [0.05, 0.1) is 0 Å². The predicted octanol–water partition coefficient (Wildman–Crippen LogP) is 2.29. The smallest absolute Gasteiger partial charge is 0.246 e. The van der Waals surface area contributed by atoms with Crippen LogP contribution in [0.4, 0.5) is 5.69 Å². The molecule has 2 aromatic rings. The first kappa shape index (κ1) is 17.4. The Labute approximate surface area is 149 Å². The Hall–Kier alpha value is -2.44. The molecule has 1 heterocycles. The van der Waals surface area contributed by atoms with Gasteiger partial charge in [-0.25, -0.2) is 0 Å². The highest BCUT2D eigenvalue weighted by Crippen LogP contribution is 2.17. The molecule has 1 unspecified atom stereocenters. The van der Waals surface area contributed by atoms with Crippen molar-refractivity contribution in [1.29, 1.82) is 0 Å². The molecule has 1 aliphatic rings. The molecule has 0 N–H and O–H groups in total. The van der Waals surface area contributed by atoms with Crippen LogP contribution in [0, 0.1) is 0 Å². The zero-order chi connectivity index (χ0) is 17.6. The maximum Gasteiger partial charge on any atom is 0.246 e. The first-order chi connectivity index (χ1) is 12.1. The van der Waals surface area contributed by atoms with Crippen LogP contribution in [0.1, 0.15) is 5.56 Å². The standard InChI is InChI=1S/C19H20N2O3S/c22-19(11-10-16-6-4-5-9-18(16)25(23)24)21-14-12-20(13-15-21)17-7-2-1-3-8-17/h1-11H,12-15H2,(H,23,24)/p-1/b11-10+. The van der Waals surface area contributed by atoms with Gasteiger partial charge in [0.15, 0.2) is 0 Å². The van der Waals surface area contributed by atoms with Crippen LogP contribution in [0.15, 0.2) is 65.6 Å². The van der Waals surface area contributed by atoms with E-state index in [1.165, 1.54) is 12.1 Å². The molecule has 0 bridgehead atoms. The van der Waals surface area contributed by atoms with Gasteiger partial charge in [0.1, 0.15) is 0 Å². The number of carbonyl (C=O) groups is 1. The summed E-state index contributed by atoms with van der Waals surface area (Å²) < 4.78 is 22.4. The predicted molar refractivity (Wildman–Crippen MR) is 97.9 cm³/mol. The minimum atomic E-state index is -2.32. The Bertz CT molecular complexity index is 784. The van der Waals surface area contributed by atoms with Crippen molar-refractivity contribution in [1.82, 2.24) is 4.90 Å². The summed E-state index contributed by atoms with van der Waals surface area (Å²) in [6.07, 6.45) is 3.01. The van der Waals surface area contributed by atoms with Crippen molar-refractivity contribution in [2.45, 2.75) is 4.90 Å². The third-order valence-electron chi connectivity index (χ3n) is 4.22. The zero-order valence-electron chi connectivity index (χ0n) is 13.7. The topological polar surface area (TPSA) is 63.7 Å². The van der Waals surface area contributed by atoms with Crippen LogP contribution in [0.5, 0.6) is 0 Å². The third-order valence-corrected chi connectivity index (χ3v) is 4.95. The number of nitrogens with zero attached hydrogens (tertiary/aromatic N) is 2. The average molecular weight is 355 g/mol. The summed E-state index contributed by atoms with van der Waals surface area (Å²) in [6, 6.07) is 16.7. The molecule has 1 atom stereocenters. The summed E-state index contributed by atoms with van der Waals surface area (Å²) in [5.74, 6) is -0.0980. The van der Waals surface area contributed by atoms with E-state index < -0.39 is 11.1 Å². The quantitative estimate of drug-likeness (QED) is 0.623. The Kier molecular flexibility index (Phi) is 5.63. The largest absolute Gasteiger partial charge is 0.768 e. The van der Waals surface area contributed by atoms with Gasteiger partial charge in [0.25, 0.3) is 0 Å². The zero-order valence-corrected chi connectivity index (χ0v) is 14.5. The lowest BCUT2D eigenvalue weighted by Gasteiger charge is -2.35. The summed E-state index contributed by atoms with van der Waals surface area (Å²) >= 11 is -2.32. The number of amides is 1. The lowest BCUT2D eigenvalue weighted by atomic mass is 10.2. The molecule has 0 saturated carbocycles. The van der Waals surface area contributed by atoms with Crippen molar-refractivity contribution in [3.63, 3.8) is 0 Å². The van der Waals surface area contributed by atoms with Crippen molar-refractivity contribution >= 4 is 28.8 Å². The third kappa shape index (κ3) is 4.35. The van der Waals surface area contributed by atoms with Crippen LogP contribution < -0.4 is 4.90 Å². The summed E-state index contributed by atoms with van der Waals surface area (Å²) in [6.45, 7) is 2.86. The number of carbonyl (C=O) groups excluding carboxylic acids is 1. The highest BCUT2D eigenvalue weighted by molar-refractivity contribution is 7.79. The molecule has 1 saturated heterocycles. The first-order valence-corrected chi connectivity index (χ1v) is 9.18. The van der Waals surface area contributed by atoms with Gasteiger partial charge in [0, 0.05) is 42.8 Å². The lowest BCUT2D eigenvalue weighted by Crippen LogP contribution is -2.48. The Morgan fingerprint density at radius 1 is 0.960 bits per heavy atom. The van der Waals surface area contributed by atoms with Gasteiger partial charge in [-0.3, -0.25) is 9.00 Å². The van der Waals surface area contributed by atoms with E-state index in [4.69, 9.17) is 0 Å². The van der Waals surface area contributed by atoms with Crippen molar-refractivity contribution in [2.75, 3.05) is 31.1 Å². The first-order valence-electron chi connectivity index (χ1n) is 8.10. The molecule has 1 amide bonds. The highest BCUT2D eigenvalue weighted by atomic mass is 32.2. The maximum atomic E-state index is 12.4. The molecular formula is C19H19N2O3S-. The van der Waals surface area contributed by atoms with Crippen LogP contribution in [-0.2, 0) is 15.9 Å². The molecule has 25 heavy (non-hydrogen) atoms. The second-order valence-electron chi connectivity index (χ2n) is 5.75.